The van der Waals surface area contributed by atoms with Crippen LogP contribution in [0.15, 0.2) is 42.5 Å². The van der Waals surface area contributed by atoms with E-state index in [9.17, 15) is 24.9 Å². The van der Waals surface area contributed by atoms with Crippen molar-refractivity contribution in [2.45, 2.75) is 55.5 Å². The van der Waals surface area contributed by atoms with Crippen LogP contribution in [0.1, 0.15) is 33.4 Å². The van der Waals surface area contributed by atoms with Gasteiger partial charge in [-0.1, -0.05) is 41.9 Å². The van der Waals surface area contributed by atoms with Crippen LogP contribution in [0.25, 0.3) is 43.6 Å². The number of imide groups is 1. The molecule has 3 aliphatic heterocycles. The molecule has 8 rings (SSSR count). The minimum atomic E-state index is -1.52. The lowest BCUT2D eigenvalue weighted by Crippen LogP contribution is -2.58. The first-order chi connectivity index (χ1) is 22.6. The minimum Gasteiger partial charge on any atom is -0.391 e. The Labute approximate surface area is 272 Å². The Morgan fingerprint density at radius 3 is 2.47 bits per heavy atom. The first-order valence-corrected chi connectivity index (χ1v) is 15.7. The molecule has 5 aromatic rings. The molecule has 3 aliphatic rings. The number of ether oxygens (including phenoxy) is 4. The lowest BCUT2D eigenvalue weighted by molar-refractivity contribution is -0.274. The Bertz CT molecular complexity index is 2100. The van der Waals surface area contributed by atoms with Gasteiger partial charge in [-0.2, -0.15) is 0 Å². The molecule has 2 fully saturated rings. The lowest BCUT2D eigenvalue weighted by atomic mass is 9.96. The maximum Gasteiger partial charge on any atom is 0.262 e. The topological polar surface area (TPSA) is 182 Å². The summed E-state index contributed by atoms with van der Waals surface area (Å²) in [6, 6.07) is 12.2. The molecular weight excluding hydrogens is 632 g/mol. The van der Waals surface area contributed by atoms with Gasteiger partial charge in [0.05, 0.1) is 58.1 Å². The van der Waals surface area contributed by atoms with Crippen LogP contribution in [-0.2, 0) is 18.9 Å². The summed E-state index contributed by atoms with van der Waals surface area (Å²) in [6.07, 6.45) is -7.57. The highest BCUT2D eigenvalue weighted by Gasteiger charge is 2.48. The number of aliphatic hydroxyl groups excluding tert-OH is 3. The molecule has 14 heteroatoms. The number of aromatic amines is 1. The summed E-state index contributed by atoms with van der Waals surface area (Å²) in [5.41, 5.74) is 8.54. The van der Waals surface area contributed by atoms with Crippen LogP contribution >= 0.6 is 11.6 Å². The molecule has 246 valence electrons. The average molecular weight is 665 g/mol. The van der Waals surface area contributed by atoms with Gasteiger partial charge >= 0.3 is 0 Å². The number of aromatic nitrogens is 2. The number of hydrogen-bond donors (Lipinski definition) is 5. The second kappa shape index (κ2) is 11.2. The highest BCUT2D eigenvalue weighted by Crippen LogP contribution is 2.48. The molecule has 2 saturated heterocycles. The van der Waals surface area contributed by atoms with Crippen molar-refractivity contribution in [2.24, 2.45) is 5.73 Å². The van der Waals surface area contributed by atoms with Crippen LogP contribution in [0.4, 0.5) is 0 Å². The maximum absolute atomic E-state index is 13.8. The number of nitrogens with one attached hydrogen (secondary N) is 1. The van der Waals surface area contributed by atoms with E-state index in [4.69, 9.17) is 36.3 Å². The highest BCUT2D eigenvalue weighted by atomic mass is 35.5. The van der Waals surface area contributed by atoms with E-state index in [1.54, 1.807) is 22.8 Å². The van der Waals surface area contributed by atoms with Crippen molar-refractivity contribution in [3.63, 3.8) is 0 Å². The zero-order valence-corrected chi connectivity index (χ0v) is 26.2. The fraction of sp³-hybridized carbons (Fsp3) is 0.394. The number of nitrogens with two attached hydrogens (primary N) is 1. The van der Waals surface area contributed by atoms with E-state index in [2.05, 4.69) is 4.98 Å². The number of benzene rings is 3. The molecular formula is C33H33ClN4O9. The van der Waals surface area contributed by atoms with Crippen molar-refractivity contribution >= 4 is 67.0 Å². The molecule has 2 aromatic heterocycles. The van der Waals surface area contributed by atoms with Crippen LogP contribution < -0.4 is 5.73 Å². The zero-order valence-electron chi connectivity index (χ0n) is 25.4. The summed E-state index contributed by atoms with van der Waals surface area (Å²) in [7, 11) is 2.84. The maximum atomic E-state index is 13.8. The largest absolute Gasteiger partial charge is 0.391 e. The van der Waals surface area contributed by atoms with Crippen molar-refractivity contribution in [2.75, 3.05) is 27.4 Å². The fourth-order valence-corrected chi connectivity index (χ4v) is 7.67. The molecule has 0 bridgehead atoms. The lowest BCUT2D eigenvalue weighted by Gasteiger charge is -2.43. The number of hydrogen-bond acceptors (Lipinski definition) is 10. The van der Waals surface area contributed by atoms with Gasteiger partial charge in [0.2, 0.25) is 0 Å². The number of halogens is 1. The van der Waals surface area contributed by atoms with Crippen LogP contribution in [0.2, 0.25) is 5.02 Å². The number of fused-ring (bicyclic) bond motifs is 10. The number of carbonyl (C=O) groups excluding carboxylic acids is 2. The van der Waals surface area contributed by atoms with Crippen molar-refractivity contribution in [3.05, 3.63) is 58.6 Å². The number of aliphatic hydroxyl groups is 3. The second-order valence-corrected chi connectivity index (χ2v) is 12.8. The highest BCUT2D eigenvalue weighted by molar-refractivity contribution is 6.41. The molecule has 2 amide bonds. The first kappa shape index (κ1) is 30.7. The SMILES string of the molecule is CO[C@H]1[C@@H](O)[C@H](O)[C@H](n2c3c(Cl)cccc3c3c4c(c5c6ccccc6[nH]c5c32)C(=O)N(C)C4=O)O[C@@H]1CO[C@H]1C[C@H](O)[C@@H](N)CO1. The van der Waals surface area contributed by atoms with E-state index < -0.39 is 60.9 Å². The monoisotopic (exact) mass is 664 g/mol. The van der Waals surface area contributed by atoms with E-state index in [1.807, 2.05) is 24.3 Å². The van der Waals surface area contributed by atoms with Gasteiger partial charge in [0, 0.05) is 47.6 Å². The third kappa shape index (κ3) is 4.39. The predicted molar refractivity (Wildman–Crippen MR) is 171 cm³/mol. The van der Waals surface area contributed by atoms with Crippen molar-refractivity contribution in [1.29, 1.82) is 0 Å². The van der Waals surface area contributed by atoms with Crippen LogP contribution in [-0.4, -0.2) is 112 Å². The Balaban J connectivity index is 1.36. The first-order valence-electron chi connectivity index (χ1n) is 15.3. The number of nitrogens with zero attached hydrogens (tertiary/aromatic N) is 2. The van der Waals surface area contributed by atoms with Gasteiger partial charge in [-0.05, 0) is 12.1 Å². The quantitative estimate of drug-likeness (QED) is 0.175. The normalized spacial score (nSPS) is 30.0. The fourth-order valence-electron chi connectivity index (χ4n) is 7.41. The Morgan fingerprint density at radius 2 is 1.72 bits per heavy atom. The van der Waals surface area contributed by atoms with Gasteiger partial charge in [-0.25, -0.2) is 0 Å². The van der Waals surface area contributed by atoms with E-state index in [0.717, 1.165) is 15.8 Å². The molecule has 6 N–H and O–H groups in total. The second-order valence-electron chi connectivity index (χ2n) is 12.4. The molecule has 0 unspecified atom stereocenters. The summed E-state index contributed by atoms with van der Waals surface area (Å²) in [5, 5.41) is 36.0. The van der Waals surface area contributed by atoms with E-state index in [0.29, 0.717) is 37.7 Å². The predicted octanol–water partition coefficient (Wildman–Crippen LogP) is 2.39. The Kier molecular flexibility index (Phi) is 7.33. The Hall–Kier alpha value is -3.63. The van der Waals surface area contributed by atoms with Gasteiger partial charge in [0.15, 0.2) is 12.5 Å². The molecule has 0 spiro atoms. The molecule has 13 nitrogen and oxygen atoms in total. The number of carbonyl (C=O) groups is 2. The minimum absolute atomic E-state index is 0.107. The standard InChI is InChI=1S/C33H33ClN4O9/c1-37-31(42)23-21-13-6-3-4-9-17(13)36-25(21)27-22(24(23)32(37)43)14-7-5-8-15(34)26(14)38(27)33-29(41)28(40)30(44-2)19(47-33)12-46-20-10-18(39)16(35)11-45-20/h3-9,16,18-20,28-30,33,36,39-41H,10-12,35H2,1-2H3/t16-,18-,19+,20-,28-,29-,30+,33+/m0/s1. The number of methoxy groups -OCH3 is 1. The number of rotatable bonds is 5. The number of amides is 2. The summed E-state index contributed by atoms with van der Waals surface area (Å²) in [4.78, 5) is 32.0. The number of para-hydroxylation sites is 2. The van der Waals surface area contributed by atoms with Crippen LogP contribution in [0.3, 0.4) is 0 Å². The Morgan fingerprint density at radius 1 is 1.00 bits per heavy atom. The summed E-state index contributed by atoms with van der Waals surface area (Å²) < 4.78 is 25.4. The molecule has 47 heavy (non-hydrogen) atoms. The third-order valence-corrected chi connectivity index (χ3v) is 10.0. The van der Waals surface area contributed by atoms with Crippen molar-refractivity contribution < 1.29 is 43.9 Å². The van der Waals surface area contributed by atoms with Crippen LogP contribution in [0.5, 0.6) is 0 Å². The smallest absolute Gasteiger partial charge is 0.262 e. The average Bonchev–Trinajstić information content (AvgIpc) is 3.68. The van der Waals surface area contributed by atoms with E-state index in [-0.39, 0.29) is 30.8 Å². The molecule has 0 saturated carbocycles. The van der Waals surface area contributed by atoms with Gasteiger partial charge in [-0.3, -0.25) is 14.5 Å². The van der Waals surface area contributed by atoms with Crippen molar-refractivity contribution in [3.8, 4) is 0 Å². The van der Waals surface area contributed by atoms with Crippen molar-refractivity contribution in [1.82, 2.24) is 14.5 Å². The number of H-pyrrole nitrogens is 1. The summed E-state index contributed by atoms with van der Waals surface area (Å²) in [5.74, 6) is -0.892. The van der Waals surface area contributed by atoms with E-state index in [1.165, 1.54) is 14.2 Å². The molecule has 3 aromatic carbocycles. The zero-order chi connectivity index (χ0) is 32.9. The molecule has 5 heterocycles. The molecule has 8 atom stereocenters. The molecule has 0 radical (unpaired) electrons. The summed E-state index contributed by atoms with van der Waals surface area (Å²) >= 11 is 6.90. The molecule has 0 aliphatic carbocycles. The van der Waals surface area contributed by atoms with Gasteiger partial charge in [0.1, 0.15) is 24.4 Å². The summed E-state index contributed by atoms with van der Waals surface area (Å²) in [6.45, 7) is -0.0125. The third-order valence-electron chi connectivity index (χ3n) is 9.74. The van der Waals surface area contributed by atoms with Gasteiger partial charge in [-0.15, -0.1) is 0 Å². The van der Waals surface area contributed by atoms with Gasteiger partial charge in [0.25, 0.3) is 11.8 Å². The van der Waals surface area contributed by atoms with Gasteiger partial charge < -0.3 is 49.6 Å². The van der Waals surface area contributed by atoms with E-state index >= 15 is 0 Å². The van der Waals surface area contributed by atoms with Crippen LogP contribution in [0, 0.1) is 0 Å².